The molecule has 2 fully saturated rings. The van der Waals surface area contributed by atoms with Crippen molar-refractivity contribution < 1.29 is 14.7 Å². The highest BCUT2D eigenvalue weighted by Gasteiger charge is 2.69. The average molecular weight is 388 g/mol. The number of aromatic amines is 1. The molecule has 0 saturated carbocycles. The second kappa shape index (κ2) is 5.39. The predicted octanol–water partition coefficient (Wildman–Crippen LogP) is 1.25. The van der Waals surface area contributed by atoms with E-state index in [1.807, 2.05) is 54.7 Å². The van der Waals surface area contributed by atoms with E-state index in [1.54, 1.807) is 11.9 Å². The van der Waals surface area contributed by atoms with Gasteiger partial charge in [-0.3, -0.25) is 9.59 Å². The molecule has 1 aromatic heterocycles. The van der Waals surface area contributed by atoms with Crippen molar-refractivity contribution in [2.24, 2.45) is 0 Å². The molecule has 3 aliphatic heterocycles. The third kappa shape index (κ3) is 1.81. The van der Waals surface area contributed by atoms with E-state index in [2.05, 4.69) is 10.3 Å². The standard InChI is InChI=1S/C22H20N4O3/c1-25-11-17(27)26-18(20(25)29)19(28)22(13-7-3-5-9-16(13)24-21(22)26)14-10-23-15-8-4-2-6-12(14)15/h2-10,18-19,21,23-24,28H,11H2,1H3. The fourth-order valence-corrected chi connectivity index (χ4v) is 5.56. The molecule has 0 aliphatic carbocycles. The number of nitrogens with one attached hydrogen (secondary N) is 2. The van der Waals surface area contributed by atoms with Gasteiger partial charge in [-0.15, -0.1) is 0 Å². The van der Waals surface area contributed by atoms with Crippen molar-refractivity contribution in [3.63, 3.8) is 0 Å². The Bertz CT molecular complexity index is 1190. The molecule has 3 aromatic rings. The molecule has 4 unspecified atom stereocenters. The Morgan fingerprint density at radius 2 is 1.83 bits per heavy atom. The number of aromatic nitrogens is 1. The van der Waals surface area contributed by atoms with E-state index >= 15 is 0 Å². The highest BCUT2D eigenvalue weighted by Crippen LogP contribution is 2.56. The Hall–Kier alpha value is -3.32. The Kier molecular flexibility index (Phi) is 3.09. The van der Waals surface area contributed by atoms with Crippen LogP contribution < -0.4 is 5.32 Å². The summed E-state index contributed by atoms with van der Waals surface area (Å²) in [4.78, 5) is 32.3. The summed E-state index contributed by atoms with van der Waals surface area (Å²) in [6, 6.07) is 14.8. The first-order chi connectivity index (χ1) is 14.0. The van der Waals surface area contributed by atoms with Gasteiger partial charge in [0.2, 0.25) is 11.8 Å². The molecule has 146 valence electrons. The number of nitrogens with zero attached hydrogens (tertiary/aromatic N) is 2. The van der Waals surface area contributed by atoms with E-state index in [1.165, 1.54) is 4.90 Å². The van der Waals surface area contributed by atoms with Gasteiger partial charge in [0, 0.05) is 29.8 Å². The van der Waals surface area contributed by atoms with Crippen molar-refractivity contribution in [2.45, 2.75) is 23.7 Å². The molecule has 2 aromatic carbocycles. The Balaban J connectivity index is 1.68. The maximum absolute atomic E-state index is 13.0. The molecule has 7 heteroatoms. The number of carbonyl (C=O) groups excluding carboxylic acids is 2. The molecule has 6 rings (SSSR count). The molecule has 2 amide bonds. The molecule has 29 heavy (non-hydrogen) atoms. The first-order valence-electron chi connectivity index (χ1n) is 9.72. The van der Waals surface area contributed by atoms with Crippen molar-refractivity contribution in [3.05, 3.63) is 65.9 Å². The number of fused-ring (bicyclic) bond motifs is 6. The summed E-state index contributed by atoms with van der Waals surface area (Å²) >= 11 is 0. The number of anilines is 1. The van der Waals surface area contributed by atoms with Gasteiger partial charge >= 0.3 is 0 Å². The summed E-state index contributed by atoms with van der Waals surface area (Å²) in [5, 5.41) is 16.2. The molecule has 0 spiro atoms. The number of hydrogen-bond acceptors (Lipinski definition) is 4. The molecule has 4 atom stereocenters. The van der Waals surface area contributed by atoms with Crippen molar-refractivity contribution in [3.8, 4) is 0 Å². The van der Waals surface area contributed by atoms with E-state index < -0.39 is 23.7 Å². The molecular weight excluding hydrogens is 368 g/mol. The van der Waals surface area contributed by atoms with Crippen LogP contribution in [0.15, 0.2) is 54.7 Å². The molecule has 7 nitrogen and oxygen atoms in total. The SMILES string of the molecule is CN1CC(=O)N2C(C1=O)C(O)C1(c3c[nH]c4ccccc34)c3ccccc3NC21. The number of benzene rings is 2. The number of piperazine rings is 1. The highest BCUT2D eigenvalue weighted by molar-refractivity contribution is 5.98. The summed E-state index contributed by atoms with van der Waals surface area (Å²) in [5.74, 6) is -0.395. The van der Waals surface area contributed by atoms with Crippen LogP contribution in [0.1, 0.15) is 11.1 Å². The van der Waals surface area contributed by atoms with Gasteiger partial charge in [0.05, 0.1) is 12.0 Å². The van der Waals surface area contributed by atoms with Crippen LogP contribution in [-0.2, 0) is 15.0 Å². The van der Waals surface area contributed by atoms with Gasteiger partial charge in [0.15, 0.2) is 0 Å². The molecular formula is C22H20N4O3. The number of carbonyl (C=O) groups is 2. The highest BCUT2D eigenvalue weighted by atomic mass is 16.3. The van der Waals surface area contributed by atoms with Gasteiger partial charge in [-0.2, -0.15) is 0 Å². The van der Waals surface area contributed by atoms with Gasteiger partial charge in [-0.25, -0.2) is 0 Å². The van der Waals surface area contributed by atoms with Crippen LogP contribution in [0.4, 0.5) is 5.69 Å². The number of aliphatic hydroxyl groups excluding tert-OH is 1. The summed E-state index contributed by atoms with van der Waals surface area (Å²) < 4.78 is 0. The van der Waals surface area contributed by atoms with Crippen LogP contribution in [-0.4, -0.2) is 63.6 Å². The van der Waals surface area contributed by atoms with Gasteiger partial charge < -0.3 is 25.2 Å². The van der Waals surface area contributed by atoms with Crippen LogP contribution in [0.25, 0.3) is 10.9 Å². The van der Waals surface area contributed by atoms with E-state index in [9.17, 15) is 14.7 Å². The second-order valence-corrected chi connectivity index (χ2v) is 8.09. The first kappa shape index (κ1) is 16.6. The summed E-state index contributed by atoms with van der Waals surface area (Å²) in [6.07, 6.45) is 0.285. The van der Waals surface area contributed by atoms with Crippen molar-refractivity contribution >= 4 is 28.4 Å². The normalized spacial score (nSPS) is 30.3. The fourth-order valence-electron chi connectivity index (χ4n) is 5.56. The van der Waals surface area contributed by atoms with E-state index in [0.29, 0.717) is 0 Å². The third-order valence-corrected chi connectivity index (χ3v) is 6.76. The number of rotatable bonds is 1. The van der Waals surface area contributed by atoms with E-state index in [0.717, 1.165) is 27.7 Å². The number of H-pyrrole nitrogens is 1. The summed E-state index contributed by atoms with van der Waals surface area (Å²) in [7, 11) is 1.61. The maximum Gasteiger partial charge on any atom is 0.248 e. The van der Waals surface area contributed by atoms with E-state index in [-0.39, 0.29) is 18.4 Å². The smallest absolute Gasteiger partial charge is 0.248 e. The van der Waals surface area contributed by atoms with Crippen molar-refractivity contribution in [1.82, 2.24) is 14.8 Å². The average Bonchev–Trinajstić information content (AvgIpc) is 3.36. The lowest BCUT2D eigenvalue weighted by Crippen LogP contribution is -2.61. The minimum Gasteiger partial charge on any atom is -0.389 e. The van der Waals surface area contributed by atoms with Crippen molar-refractivity contribution in [2.75, 3.05) is 18.9 Å². The Labute approximate surface area is 166 Å². The van der Waals surface area contributed by atoms with Crippen LogP contribution in [0.3, 0.4) is 0 Å². The van der Waals surface area contributed by atoms with Crippen molar-refractivity contribution in [1.29, 1.82) is 0 Å². The largest absolute Gasteiger partial charge is 0.389 e. The summed E-state index contributed by atoms with van der Waals surface area (Å²) in [5.41, 5.74) is 2.67. The zero-order chi connectivity index (χ0) is 19.9. The van der Waals surface area contributed by atoms with Crippen LogP contribution in [0, 0.1) is 0 Å². The maximum atomic E-state index is 13.0. The predicted molar refractivity (Wildman–Crippen MR) is 107 cm³/mol. The fraction of sp³-hybridized carbons (Fsp3) is 0.273. The van der Waals surface area contributed by atoms with Crippen LogP contribution in [0.2, 0.25) is 0 Å². The quantitative estimate of drug-likeness (QED) is 0.585. The molecule has 2 saturated heterocycles. The Morgan fingerprint density at radius 3 is 2.69 bits per heavy atom. The van der Waals surface area contributed by atoms with Gasteiger partial charge in [-0.05, 0) is 23.3 Å². The number of likely N-dealkylation sites (N-methyl/N-ethyl adjacent to an activating group) is 1. The molecule has 0 radical (unpaired) electrons. The van der Waals surface area contributed by atoms with Gasteiger partial charge in [0.25, 0.3) is 0 Å². The zero-order valence-corrected chi connectivity index (χ0v) is 15.8. The van der Waals surface area contributed by atoms with E-state index in [4.69, 9.17) is 0 Å². The lowest BCUT2D eigenvalue weighted by molar-refractivity contribution is -0.156. The lowest BCUT2D eigenvalue weighted by Gasteiger charge is -2.37. The zero-order valence-electron chi connectivity index (χ0n) is 15.8. The molecule has 4 heterocycles. The number of hydrogen-bond donors (Lipinski definition) is 3. The number of amides is 2. The molecule has 3 aliphatic rings. The topological polar surface area (TPSA) is 88.7 Å². The second-order valence-electron chi connectivity index (χ2n) is 8.09. The van der Waals surface area contributed by atoms with Gasteiger partial charge in [0.1, 0.15) is 18.3 Å². The van der Waals surface area contributed by atoms with Crippen LogP contribution in [0.5, 0.6) is 0 Å². The Morgan fingerprint density at radius 1 is 1.07 bits per heavy atom. The third-order valence-electron chi connectivity index (χ3n) is 6.76. The minimum absolute atomic E-state index is 0.0144. The summed E-state index contributed by atoms with van der Waals surface area (Å²) in [6.45, 7) is 0.0144. The monoisotopic (exact) mass is 388 g/mol. The van der Waals surface area contributed by atoms with Gasteiger partial charge in [-0.1, -0.05) is 36.4 Å². The minimum atomic E-state index is -1.08. The molecule has 3 N–H and O–H groups in total. The van der Waals surface area contributed by atoms with Crippen LogP contribution >= 0.6 is 0 Å². The first-order valence-corrected chi connectivity index (χ1v) is 9.72. The molecule has 0 bridgehead atoms. The lowest BCUT2D eigenvalue weighted by atomic mass is 9.70. The number of para-hydroxylation sites is 2. The number of aliphatic hydroxyl groups is 1.